The summed E-state index contributed by atoms with van der Waals surface area (Å²) in [6.45, 7) is 8.96. The zero-order chi connectivity index (χ0) is 31.9. The molecule has 2 bridgehead atoms. The largest absolute Gasteiger partial charge is 0.508 e. The van der Waals surface area contributed by atoms with Crippen LogP contribution in [0, 0.1) is 11.8 Å². The Morgan fingerprint density at radius 2 is 1.86 bits per heavy atom. The van der Waals surface area contributed by atoms with Crippen molar-refractivity contribution in [3.8, 4) is 5.75 Å². The van der Waals surface area contributed by atoms with Crippen LogP contribution >= 0.6 is 0 Å². The lowest BCUT2D eigenvalue weighted by Crippen LogP contribution is -2.44. The van der Waals surface area contributed by atoms with E-state index in [9.17, 15) is 24.6 Å². The number of amides is 2. The van der Waals surface area contributed by atoms with Gasteiger partial charge in [-0.25, -0.2) is 4.79 Å². The van der Waals surface area contributed by atoms with Crippen molar-refractivity contribution in [1.82, 2.24) is 5.32 Å². The van der Waals surface area contributed by atoms with Gasteiger partial charge in [-0.1, -0.05) is 63.3 Å². The summed E-state index contributed by atoms with van der Waals surface area (Å²) in [7, 11) is 1.53. The number of fused-ring (bicyclic) bond motifs is 2. The molecular formula is C34H48N2O7. The van der Waals surface area contributed by atoms with Crippen LogP contribution in [0.1, 0.15) is 65.9 Å². The van der Waals surface area contributed by atoms with E-state index in [1.54, 1.807) is 44.2 Å². The number of benzene rings is 1. The standard InChI is InChI=1S/C34H48N2O7/c1-7-22(2)33(40)35-25(5)34(41)43-30-17-12-10-8-9-11-16-29(42-6)21-31(38)36-27-18-26(19-28(37)20-27)15-13-14-23(3)32(39)24(30)4/h8-12,14,16,18-20,22,24-25,29-30,32,37,39H,7,13,15,17,21H2,1-6H3,(H,35,40)(H,36,38)/b9-8+,12-10-,16-11+,23-14+/t22-,24+,25-,29-,30-,32-/m0/s1. The molecule has 9 nitrogen and oxygen atoms in total. The Hall–Kier alpha value is -3.69. The second-order valence-electron chi connectivity index (χ2n) is 11.2. The first kappa shape index (κ1) is 35.5. The number of hydrogen-bond acceptors (Lipinski definition) is 7. The van der Waals surface area contributed by atoms with Crippen LogP contribution in [0.15, 0.2) is 66.3 Å². The number of nitrogens with one attached hydrogen (secondary N) is 2. The molecule has 2 rings (SSSR count). The monoisotopic (exact) mass is 596 g/mol. The van der Waals surface area contributed by atoms with Crippen molar-refractivity contribution in [3.05, 3.63) is 71.9 Å². The van der Waals surface area contributed by atoms with Gasteiger partial charge in [0.15, 0.2) is 0 Å². The van der Waals surface area contributed by atoms with Crippen LogP contribution in [-0.2, 0) is 30.3 Å². The van der Waals surface area contributed by atoms with Crippen molar-refractivity contribution in [2.24, 2.45) is 11.8 Å². The predicted octanol–water partition coefficient (Wildman–Crippen LogP) is 5.15. The molecule has 1 aliphatic rings. The van der Waals surface area contributed by atoms with E-state index in [0.717, 1.165) is 11.1 Å². The van der Waals surface area contributed by atoms with E-state index in [2.05, 4.69) is 10.6 Å². The van der Waals surface area contributed by atoms with Crippen LogP contribution in [0.5, 0.6) is 5.75 Å². The van der Waals surface area contributed by atoms with E-state index in [0.29, 0.717) is 31.4 Å². The molecule has 1 heterocycles. The molecule has 0 saturated heterocycles. The molecule has 236 valence electrons. The Kier molecular flexibility index (Phi) is 14.9. The number of ether oxygens (including phenoxy) is 2. The van der Waals surface area contributed by atoms with Gasteiger partial charge in [0.05, 0.1) is 18.6 Å². The summed E-state index contributed by atoms with van der Waals surface area (Å²) < 4.78 is 11.3. The smallest absolute Gasteiger partial charge is 0.328 e. The molecule has 1 aromatic carbocycles. The highest BCUT2D eigenvalue weighted by atomic mass is 16.5. The lowest BCUT2D eigenvalue weighted by atomic mass is 9.90. The Bertz CT molecular complexity index is 1200. The van der Waals surface area contributed by atoms with Crippen molar-refractivity contribution in [2.45, 2.75) is 91.1 Å². The number of aromatic hydroxyl groups is 1. The van der Waals surface area contributed by atoms with Crippen LogP contribution in [0.25, 0.3) is 0 Å². The fourth-order valence-electron chi connectivity index (χ4n) is 4.55. The van der Waals surface area contributed by atoms with Gasteiger partial charge in [-0.2, -0.15) is 0 Å². The molecule has 0 saturated carbocycles. The Morgan fingerprint density at radius 3 is 2.56 bits per heavy atom. The van der Waals surface area contributed by atoms with Crippen molar-refractivity contribution in [1.29, 1.82) is 0 Å². The summed E-state index contributed by atoms with van der Waals surface area (Å²) in [4.78, 5) is 37.9. The third kappa shape index (κ3) is 12.2. The Morgan fingerprint density at radius 1 is 1.14 bits per heavy atom. The third-order valence-electron chi connectivity index (χ3n) is 7.60. The van der Waals surface area contributed by atoms with Crippen molar-refractivity contribution in [3.63, 3.8) is 0 Å². The minimum Gasteiger partial charge on any atom is -0.508 e. The van der Waals surface area contributed by atoms with Gasteiger partial charge in [-0.15, -0.1) is 0 Å². The quantitative estimate of drug-likeness (QED) is 0.264. The van der Waals surface area contributed by atoms with Gasteiger partial charge in [0.1, 0.15) is 17.9 Å². The summed E-state index contributed by atoms with van der Waals surface area (Å²) in [6, 6.07) is 4.12. The van der Waals surface area contributed by atoms with Gasteiger partial charge in [-0.05, 0) is 56.4 Å². The molecule has 0 unspecified atom stereocenters. The van der Waals surface area contributed by atoms with Crippen molar-refractivity contribution >= 4 is 23.5 Å². The number of phenolic OH excluding ortho intramolecular Hbond substituents is 1. The van der Waals surface area contributed by atoms with Gasteiger partial charge >= 0.3 is 5.97 Å². The minimum absolute atomic E-state index is 0.0422. The zero-order valence-corrected chi connectivity index (χ0v) is 26.2. The minimum atomic E-state index is -0.881. The normalized spacial score (nSPS) is 27.1. The summed E-state index contributed by atoms with van der Waals surface area (Å²) in [6.07, 6.45) is 13.0. The molecule has 1 aliphatic heterocycles. The predicted molar refractivity (Wildman–Crippen MR) is 168 cm³/mol. The number of rotatable bonds is 6. The lowest BCUT2D eigenvalue weighted by molar-refractivity contribution is -0.156. The number of allylic oxidation sites excluding steroid dienone is 5. The first-order valence-electron chi connectivity index (χ1n) is 15.0. The lowest BCUT2D eigenvalue weighted by Gasteiger charge is -2.29. The van der Waals surface area contributed by atoms with E-state index < -0.39 is 36.2 Å². The fraction of sp³-hybridized carbons (Fsp3) is 0.500. The number of carbonyl (C=O) groups excluding carboxylic acids is 3. The van der Waals surface area contributed by atoms with Crippen molar-refractivity contribution < 1.29 is 34.1 Å². The first-order chi connectivity index (χ1) is 20.4. The summed E-state index contributed by atoms with van der Waals surface area (Å²) in [5, 5.41) is 27.0. The highest BCUT2D eigenvalue weighted by molar-refractivity contribution is 5.91. The molecule has 2 amide bonds. The van der Waals surface area contributed by atoms with Gasteiger partial charge in [0, 0.05) is 37.1 Å². The second kappa shape index (κ2) is 18.1. The molecule has 0 radical (unpaired) electrons. The summed E-state index contributed by atoms with van der Waals surface area (Å²) in [5.74, 6) is -1.63. The number of esters is 1. The molecule has 43 heavy (non-hydrogen) atoms. The first-order valence-corrected chi connectivity index (χ1v) is 15.0. The maximum atomic E-state index is 13.0. The third-order valence-corrected chi connectivity index (χ3v) is 7.60. The number of aliphatic hydroxyl groups is 1. The maximum absolute atomic E-state index is 13.0. The highest BCUT2D eigenvalue weighted by Crippen LogP contribution is 2.24. The zero-order valence-electron chi connectivity index (χ0n) is 26.2. The Labute approximate surface area is 255 Å². The summed E-state index contributed by atoms with van der Waals surface area (Å²) >= 11 is 0. The van der Waals surface area contributed by atoms with Gasteiger partial charge in [-0.3, -0.25) is 9.59 Å². The Balaban J connectivity index is 2.31. The number of hydrogen-bond donors (Lipinski definition) is 4. The molecule has 4 N–H and O–H groups in total. The molecule has 6 atom stereocenters. The average molecular weight is 597 g/mol. The molecule has 0 fully saturated rings. The molecule has 0 aromatic heterocycles. The maximum Gasteiger partial charge on any atom is 0.328 e. The van der Waals surface area contributed by atoms with E-state index in [4.69, 9.17) is 9.47 Å². The van der Waals surface area contributed by atoms with Crippen LogP contribution in [0.4, 0.5) is 5.69 Å². The second-order valence-corrected chi connectivity index (χ2v) is 11.2. The number of carbonyl (C=O) groups is 3. The van der Waals surface area contributed by atoms with Crippen LogP contribution in [0.2, 0.25) is 0 Å². The number of aryl methyl sites for hydroxylation is 1. The van der Waals surface area contributed by atoms with Gasteiger partial charge in [0.25, 0.3) is 0 Å². The van der Waals surface area contributed by atoms with Gasteiger partial charge < -0.3 is 30.3 Å². The molecule has 1 aromatic rings. The molecule has 0 spiro atoms. The number of methoxy groups -OCH3 is 1. The number of phenols is 1. The summed E-state index contributed by atoms with van der Waals surface area (Å²) in [5.41, 5.74) is 2.04. The van der Waals surface area contributed by atoms with E-state index >= 15 is 0 Å². The molecule has 9 heteroatoms. The van der Waals surface area contributed by atoms with E-state index in [1.165, 1.54) is 13.2 Å². The highest BCUT2D eigenvalue weighted by Gasteiger charge is 2.30. The van der Waals surface area contributed by atoms with Crippen molar-refractivity contribution in [2.75, 3.05) is 12.4 Å². The van der Waals surface area contributed by atoms with Gasteiger partial charge in [0.2, 0.25) is 11.8 Å². The van der Waals surface area contributed by atoms with E-state index in [-0.39, 0.29) is 29.9 Å². The van der Waals surface area contributed by atoms with Crippen LogP contribution in [-0.4, -0.2) is 59.5 Å². The SMILES string of the molecule is CC[C@H](C)C(=O)N[C@@H](C)C(=O)O[C@H]1C\C=C/C=C/C=C/[C@H](OC)CC(=O)Nc2cc(O)cc(c2)CC/C=C(\C)[C@H](O)[C@@H]1C. The van der Waals surface area contributed by atoms with Crippen LogP contribution in [0.3, 0.4) is 0 Å². The van der Waals surface area contributed by atoms with Crippen LogP contribution < -0.4 is 10.6 Å². The number of aliphatic hydroxyl groups excluding tert-OH is 1. The average Bonchev–Trinajstić information content (AvgIpc) is 2.96. The fourth-order valence-corrected chi connectivity index (χ4v) is 4.55. The number of anilines is 1. The molecular weight excluding hydrogens is 548 g/mol. The topological polar surface area (TPSA) is 134 Å². The molecule has 0 aliphatic carbocycles. The van der Waals surface area contributed by atoms with E-state index in [1.807, 2.05) is 45.1 Å².